The summed E-state index contributed by atoms with van der Waals surface area (Å²) < 4.78 is 16.8. The SMILES string of the molecule is CC/C=C\C/C=C\C/C=C\C/C=C\C/C=C\C/C=C\CCCCCCCCCCCCCCC(=O)OCC(COC(=O)CC/C=C\C/C=C\C/C=C\C/C=C\CC)OC(=O)CCCCCCCCCCCCCCCCCC. The van der Waals surface area contributed by atoms with Crippen LogP contribution in [0.25, 0.3) is 0 Å². The van der Waals surface area contributed by atoms with E-state index in [2.05, 4.69) is 136 Å². The lowest BCUT2D eigenvalue weighted by atomic mass is 10.0. The summed E-state index contributed by atoms with van der Waals surface area (Å²) >= 11 is 0. The van der Waals surface area contributed by atoms with Crippen LogP contribution in [0.3, 0.4) is 0 Å². The normalized spacial score (nSPS) is 12.9. The number of hydrogen-bond acceptors (Lipinski definition) is 6. The highest BCUT2D eigenvalue weighted by Crippen LogP contribution is 2.16. The molecule has 0 amide bonds. The van der Waals surface area contributed by atoms with Gasteiger partial charge in [-0.1, -0.05) is 303 Å². The van der Waals surface area contributed by atoms with E-state index in [1.165, 1.54) is 148 Å². The predicted octanol–water partition coefficient (Wildman–Crippen LogP) is 22.4. The van der Waals surface area contributed by atoms with Gasteiger partial charge >= 0.3 is 17.9 Å². The molecular formula is C72H120O6. The molecule has 0 aromatic heterocycles. The standard InChI is InChI=1S/C72H120O6/c1-4-7-10-13-16-19-22-25-27-29-30-31-32-33-34-35-36-37-38-39-40-41-42-43-45-47-50-53-56-59-62-65-71(74)77-68-69(67-76-70(73)64-61-58-55-52-49-46-24-21-18-15-12-9-6-3)78-72(75)66-63-60-57-54-51-48-44-28-26-23-20-17-14-11-8-5-2/h7,9-10,12,16,18-19,21,25,27,30-31,33-34,36-37,46,49,55,58,69H,4-6,8,11,13-15,17,20,22-24,26,28-29,32,35,38-45,47-48,50-54,56-57,59-68H2,1-3H3/b10-7-,12-9-,19-16-,21-18-,27-25-,31-30-,34-33-,37-36-,49-46-,58-55-. The van der Waals surface area contributed by atoms with Gasteiger partial charge in [0.25, 0.3) is 0 Å². The highest BCUT2D eigenvalue weighted by atomic mass is 16.6. The number of rotatable bonds is 58. The molecule has 0 rings (SSSR count). The molecule has 1 atom stereocenters. The first-order chi connectivity index (χ1) is 38.5. The fourth-order valence-electron chi connectivity index (χ4n) is 8.93. The van der Waals surface area contributed by atoms with Crippen LogP contribution in [0, 0.1) is 0 Å². The van der Waals surface area contributed by atoms with Crippen molar-refractivity contribution in [3.05, 3.63) is 122 Å². The van der Waals surface area contributed by atoms with Gasteiger partial charge in [-0.2, -0.15) is 0 Å². The number of ether oxygens (including phenoxy) is 3. The maximum atomic E-state index is 12.9. The van der Waals surface area contributed by atoms with Crippen molar-refractivity contribution in [2.24, 2.45) is 0 Å². The average molecular weight is 1080 g/mol. The van der Waals surface area contributed by atoms with Crippen LogP contribution in [0.1, 0.15) is 297 Å². The molecule has 1 unspecified atom stereocenters. The molecule has 0 aliphatic carbocycles. The Morgan fingerprint density at radius 3 is 0.859 bits per heavy atom. The molecule has 0 aromatic rings. The van der Waals surface area contributed by atoms with E-state index in [0.717, 1.165) is 103 Å². The zero-order valence-electron chi connectivity index (χ0n) is 50.9. The summed E-state index contributed by atoms with van der Waals surface area (Å²) in [5.74, 6) is -0.979. The molecule has 0 radical (unpaired) electrons. The second-order valence-corrected chi connectivity index (χ2v) is 21.3. The molecule has 0 fully saturated rings. The van der Waals surface area contributed by atoms with Crippen LogP contribution in [-0.4, -0.2) is 37.2 Å². The van der Waals surface area contributed by atoms with Crippen LogP contribution in [0.2, 0.25) is 0 Å². The van der Waals surface area contributed by atoms with E-state index in [-0.39, 0.29) is 37.5 Å². The molecule has 0 aromatic carbocycles. The van der Waals surface area contributed by atoms with Gasteiger partial charge in [0, 0.05) is 19.3 Å². The van der Waals surface area contributed by atoms with Gasteiger partial charge in [0.05, 0.1) is 0 Å². The molecule has 78 heavy (non-hydrogen) atoms. The lowest BCUT2D eigenvalue weighted by molar-refractivity contribution is -0.166. The van der Waals surface area contributed by atoms with Crippen LogP contribution in [-0.2, 0) is 28.6 Å². The van der Waals surface area contributed by atoms with E-state index in [4.69, 9.17) is 14.2 Å². The van der Waals surface area contributed by atoms with Crippen molar-refractivity contribution in [2.75, 3.05) is 13.2 Å². The van der Waals surface area contributed by atoms with Crippen LogP contribution in [0.5, 0.6) is 0 Å². The first-order valence-electron chi connectivity index (χ1n) is 32.5. The van der Waals surface area contributed by atoms with Gasteiger partial charge in [-0.3, -0.25) is 14.4 Å². The summed E-state index contributed by atoms with van der Waals surface area (Å²) in [7, 11) is 0. The number of allylic oxidation sites excluding steroid dienone is 20. The molecule has 6 heteroatoms. The van der Waals surface area contributed by atoms with Gasteiger partial charge in [0.15, 0.2) is 6.10 Å². The van der Waals surface area contributed by atoms with Crippen molar-refractivity contribution in [1.29, 1.82) is 0 Å². The van der Waals surface area contributed by atoms with E-state index < -0.39 is 6.10 Å². The van der Waals surface area contributed by atoms with E-state index >= 15 is 0 Å². The lowest BCUT2D eigenvalue weighted by Crippen LogP contribution is -2.30. The number of carbonyl (C=O) groups is 3. The second-order valence-electron chi connectivity index (χ2n) is 21.3. The van der Waals surface area contributed by atoms with Gasteiger partial charge in [-0.05, 0) is 96.3 Å². The third-order valence-corrected chi connectivity index (χ3v) is 13.7. The highest BCUT2D eigenvalue weighted by Gasteiger charge is 2.19. The first-order valence-corrected chi connectivity index (χ1v) is 32.5. The Hall–Kier alpha value is -4.19. The largest absolute Gasteiger partial charge is 0.462 e. The Labute approximate surface area is 482 Å². The molecule has 0 heterocycles. The first kappa shape index (κ1) is 73.8. The van der Waals surface area contributed by atoms with Crippen molar-refractivity contribution < 1.29 is 28.6 Å². The minimum absolute atomic E-state index is 0.100. The number of carbonyl (C=O) groups excluding carboxylic acids is 3. The summed E-state index contributed by atoms with van der Waals surface area (Å²) in [6.45, 7) is 6.37. The molecular weight excluding hydrogens is 961 g/mol. The van der Waals surface area contributed by atoms with E-state index in [0.29, 0.717) is 19.3 Å². The molecule has 0 aliphatic rings. The third-order valence-electron chi connectivity index (χ3n) is 13.7. The van der Waals surface area contributed by atoms with Gasteiger partial charge in [-0.25, -0.2) is 0 Å². The van der Waals surface area contributed by atoms with Crippen molar-refractivity contribution in [3.63, 3.8) is 0 Å². The van der Waals surface area contributed by atoms with E-state index in [9.17, 15) is 14.4 Å². The lowest BCUT2D eigenvalue weighted by Gasteiger charge is -2.18. The van der Waals surface area contributed by atoms with Crippen LogP contribution >= 0.6 is 0 Å². The highest BCUT2D eigenvalue weighted by molar-refractivity contribution is 5.71. The summed E-state index contributed by atoms with van der Waals surface area (Å²) in [6.07, 6.45) is 90.9. The molecule has 0 bridgehead atoms. The number of hydrogen-bond donors (Lipinski definition) is 0. The monoisotopic (exact) mass is 1080 g/mol. The molecule has 0 N–H and O–H groups in total. The van der Waals surface area contributed by atoms with Crippen molar-refractivity contribution in [3.8, 4) is 0 Å². The summed E-state index contributed by atoms with van der Waals surface area (Å²) in [5.41, 5.74) is 0. The Kier molecular flexibility index (Phi) is 61.8. The van der Waals surface area contributed by atoms with Gasteiger partial charge < -0.3 is 14.2 Å². The number of esters is 3. The maximum absolute atomic E-state index is 12.9. The smallest absolute Gasteiger partial charge is 0.306 e. The van der Waals surface area contributed by atoms with Gasteiger partial charge in [0.1, 0.15) is 13.2 Å². The van der Waals surface area contributed by atoms with E-state index in [1.807, 2.05) is 6.08 Å². The zero-order valence-corrected chi connectivity index (χ0v) is 50.9. The Bertz CT molecular complexity index is 1620. The van der Waals surface area contributed by atoms with E-state index in [1.54, 1.807) is 0 Å². The molecule has 0 saturated heterocycles. The topological polar surface area (TPSA) is 78.9 Å². The predicted molar refractivity (Wildman–Crippen MR) is 339 cm³/mol. The molecule has 0 saturated carbocycles. The molecule has 444 valence electrons. The molecule has 6 nitrogen and oxygen atoms in total. The van der Waals surface area contributed by atoms with Crippen molar-refractivity contribution >= 4 is 17.9 Å². The van der Waals surface area contributed by atoms with Crippen LogP contribution in [0.4, 0.5) is 0 Å². The van der Waals surface area contributed by atoms with Crippen molar-refractivity contribution in [1.82, 2.24) is 0 Å². The van der Waals surface area contributed by atoms with Crippen LogP contribution < -0.4 is 0 Å². The Balaban J connectivity index is 4.27. The summed E-state index contributed by atoms with van der Waals surface area (Å²) in [4.78, 5) is 38.2. The summed E-state index contributed by atoms with van der Waals surface area (Å²) in [6, 6.07) is 0. The third kappa shape index (κ3) is 62.7. The zero-order chi connectivity index (χ0) is 56.4. The van der Waals surface area contributed by atoms with Gasteiger partial charge in [0.2, 0.25) is 0 Å². The fraction of sp³-hybridized carbons (Fsp3) is 0.681. The minimum Gasteiger partial charge on any atom is -0.462 e. The number of unbranched alkanes of at least 4 members (excludes halogenated alkanes) is 27. The second kappa shape index (κ2) is 65.3. The minimum atomic E-state index is -0.808. The van der Waals surface area contributed by atoms with Gasteiger partial charge in [-0.15, -0.1) is 0 Å². The fourth-order valence-corrected chi connectivity index (χ4v) is 8.93. The molecule has 0 spiro atoms. The average Bonchev–Trinajstić information content (AvgIpc) is 3.44. The quantitative estimate of drug-likeness (QED) is 0.0261. The molecule has 0 aliphatic heterocycles. The Morgan fingerprint density at radius 2 is 0.526 bits per heavy atom. The summed E-state index contributed by atoms with van der Waals surface area (Å²) in [5, 5.41) is 0. The Morgan fingerprint density at radius 1 is 0.269 bits per heavy atom. The van der Waals surface area contributed by atoms with Crippen molar-refractivity contribution in [2.45, 2.75) is 303 Å². The maximum Gasteiger partial charge on any atom is 0.306 e. The van der Waals surface area contributed by atoms with Crippen LogP contribution in [0.15, 0.2) is 122 Å².